The molecule has 4 heterocycles. The average Bonchev–Trinajstić information content (AvgIpc) is 3.22. The second kappa shape index (κ2) is 7.38. The fourth-order valence-corrected chi connectivity index (χ4v) is 5.06. The molecule has 0 bridgehead atoms. The molecule has 4 aliphatic rings. The van der Waals surface area contributed by atoms with E-state index in [0.29, 0.717) is 23.9 Å². The Kier molecular flexibility index (Phi) is 4.58. The van der Waals surface area contributed by atoms with Crippen LogP contribution in [0.5, 0.6) is 5.88 Å². The van der Waals surface area contributed by atoms with E-state index in [4.69, 9.17) is 9.47 Å². The number of carbonyl (C=O) groups is 1. The molecule has 0 radical (unpaired) electrons. The van der Waals surface area contributed by atoms with E-state index in [2.05, 4.69) is 25.5 Å². The molecule has 6 rings (SSSR count). The van der Waals surface area contributed by atoms with Crippen LogP contribution >= 0.6 is 0 Å². The number of carbonyl (C=O) groups excluding carboxylic acids is 1. The van der Waals surface area contributed by atoms with Gasteiger partial charge in [-0.2, -0.15) is 10.1 Å². The van der Waals surface area contributed by atoms with Gasteiger partial charge in [0.05, 0.1) is 30.9 Å². The van der Waals surface area contributed by atoms with Crippen molar-refractivity contribution in [1.82, 2.24) is 20.2 Å². The number of H-pyrrole nitrogens is 1. The largest absolute Gasteiger partial charge is 0.468 e. The van der Waals surface area contributed by atoms with Crippen molar-refractivity contribution in [2.24, 2.45) is 0 Å². The van der Waals surface area contributed by atoms with Crippen molar-refractivity contribution < 1.29 is 23.8 Å². The van der Waals surface area contributed by atoms with Gasteiger partial charge in [0.2, 0.25) is 17.7 Å². The van der Waals surface area contributed by atoms with Gasteiger partial charge >= 0.3 is 0 Å². The van der Waals surface area contributed by atoms with E-state index in [-0.39, 0.29) is 31.0 Å². The number of aliphatic hydroxyl groups excluding tert-OH is 1. The van der Waals surface area contributed by atoms with Crippen molar-refractivity contribution in [3.8, 4) is 5.88 Å². The van der Waals surface area contributed by atoms with Gasteiger partial charge in [0.1, 0.15) is 11.5 Å². The van der Waals surface area contributed by atoms with Gasteiger partial charge in [0.15, 0.2) is 12.3 Å². The Morgan fingerprint density at radius 3 is 2.94 bits per heavy atom. The van der Waals surface area contributed by atoms with E-state index < -0.39 is 23.8 Å². The third kappa shape index (κ3) is 3.14. The van der Waals surface area contributed by atoms with Crippen LogP contribution in [-0.2, 0) is 14.9 Å². The summed E-state index contributed by atoms with van der Waals surface area (Å²) in [7, 11) is 0. The highest BCUT2D eigenvalue weighted by atomic mass is 19.1. The minimum Gasteiger partial charge on any atom is -0.468 e. The summed E-state index contributed by atoms with van der Waals surface area (Å²) < 4.78 is 24.7. The molecule has 4 atom stereocenters. The number of rotatable bonds is 5. The van der Waals surface area contributed by atoms with E-state index >= 15 is 0 Å². The molecule has 11 heteroatoms. The number of nitrogens with zero attached hydrogens (tertiary/aromatic N) is 4. The maximum absolute atomic E-state index is 13.9. The smallest absolute Gasteiger partial charge is 0.239 e. The first-order chi connectivity index (χ1) is 15.5. The lowest BCUT2D eigenvalue weighted by molar-refractivity contribution is -0.121. The average molecular weight is 444 g/mol. The number of aromatic amines is 1. The molecule has 2 aliphatic carbocycles. The summed E-state index contributed by atoms with van der Waals surface area (Å²) in [5, 5.41) is 19.9. The summed E-state index contributed by atoms with van der Waals surface area (Å²) in [5.41, 5.74) is 0.827. The van der Waals surface area contributed by atoms with Crippen LogP contribution in [0.25, 0.3) is 0 Å². The summed E-state index contributed by atoms with van der Waals surface area (Å²) in [4.78, 5) is 24.2. The number of aliphatic hydroxyl groups is 1. The number of aromatic nitrogens is 4. The number of hydrogen-bond acceptors (Lipinski definition) is 8. The minimum atomic E-state index is -1.21. The number of amides is 1. The summed E-state index contributed by atoms with van der Waals surface area (Å²) in [6.07, 6.45) is 5.56. The van der Waals surface area contributed by atoms with Crippen molar-refractivity contribution in [3.05, 3.63) is 18.0 Å². The molecule has 2 aliphatic heterocycles. The van der Waals surface area contributed by atoms with E-state index in [1.807, 2.05) is 0 Å². The quantitative estimate of drug-likeness (QED) is 0.637. The molecule has 10 nitrogen and oxygen atoms in total. The monoisotopic (exact) mass is 444 g/mol. The molecule has 0 unspecified atom stereocenters. The number of alkyl halides is 1. The number of nitrogens with one attached hydrogen (secondary N) is 2. The highest BCUT2D eigenvalue weighted by Crippen LogP contribution is 2.57. The summed E-state index contributed by atoms with van der Waals surface area (Å²) >= 11 is 0. The number of hydrogen-bond donors (Lipinski definition) is 3. The van der Waals surface area contributed by atoms with Gasteiger partial charge in [0.25, 0.3) is 0 Å². The topological polar surface area (TPSA) is 125 Å². The van der Waals surface area contributed by atoms with Crippen molar-refractivity contribution in [2.75, 3.05) is 23.4 Å². The van der Waals surface area contributed by atoms with Gasteiger partial charge in [0, 0.05) is 17.8 Å². The molecule has 32 heavy (non-hydrogen) atoms. The van der Waals surface area contributed by atoms with Crippen molar-refractivity contribution in [2.45, 2.75) is 68.4 Å². The van der Waals surface area contributed by atoms with Gasteiger partial charge in [-0.3, -0.25) is 9.69 Å². The van der Waals surface area contributed by atoms with Gasteiger partial charge in [-0.15, -0.1) is 0 Å². The lowest BCUT2D eigenvalue weighted by Crippen LogP contribution is -2.44. The molecule has 170 valence electrons. The molecule has 2 saturated carbocycles. The van der Waals surface area contributed by atoms with E-state index in [1.165, 1.54) is 6.20 Å². The standard InChI is InChI=1S/C21H25FN6O4/c22-14-9-31-10-16(14)32-18-15(8-24-27-18)25-20-23-7-13-17(26-20)28(19(30)21(13)4-5-21)11-2-1-3-12(29)6-11/h7-8,11-12,14,16,29H,1-6,9-10H2,(H,24,27)(H,23,25,26)/t11-,12-,14-,16+/m1/s1. The van der Waals surface area contributed by atoms with Crippen molar-refractivity contribution in [3.63, 3.8) is 0 Å². The third-order valence-corrected chi connectivity index (χ3v) is 6.96. The van der Waals surface area contributed by atoms with E-state index in [9.17, 15) is 14.3 Å². The number of anilines is 3. The molecular formula is C21H25FN6O4. The predicted molar refractivity (Wildman–Crippen MR) is 111 cm³/mol. The molecule has 1 amide bonds. The highest BCUT2D eigenvalue weighted by Gasteiger charge is 2.61. The normalized spacial score (nSPS) is 30.6. The Hall–Kier alpha value is -2.79. The molecule has 0 aromatic carbocycles. The Labute approximate surface area is 183 Å². The van der Waals surface area contributed by atoms with Gasteiger partial charge < -0.3 is 19.9 Å². The summed E-state index contributed by atoms with van der Waals surface area (Å²) in [6, 6.07) is -0.0654. The van der Waals surface area contributed by atoms with Crippen LogP contribution in [0, 0.1) is 0 Å². The zero-order valence-electron chi connectivity index (χ0n) is 17.5. The lowest BCUT2D eigenvalue weighted by Gasteiger charge is -2.33. The van der Waals surface area contributed by atoms with Crippen LogP contribution in [0.2, 0.25) is 0 Å². The summed E-state index contributed by atoms with van der Waals surface area (Å²) in [6.45, 7) is 0.179. The maximum Gasteiger partial charge on any atom is 0.239 e. The molecule has 1 saturated heterocycles. The van der Waals surface area contributed by atoms with Crippen molar-refractivity contribution >= 4 is 23.4 Å². The van der Waals surface area contributed by atoms with Crippen LogP contribution in [0.15, 0.2) is 12.4 Å². The first kappa shape index (κ1) is 19.9. The van der Waals surface area contributed by atoms with Crippen LogP contribution in [-0.4, -0.2) is 68.8 Å². The first-order valence-electron chi connectivity index (χ1n) is 11.1. The fourth-order valence-electron chi connectivity index (χ4n) is 5.06. The van der Waals surface area contributed by atoms with Crippen LogP contribution in [0.4, 0.5) is 21.8 Å². The molecule has 3 fully saturated rings. The Bertz CT molecular complexity index is 1040. The van der Waals surface area contributed by atoms with Gasteiger partial charge in [-0.25, -0.2) is 14.5 Å². The highest BCUT2D eigenvalue weighted by molar-refractivity contribution is 6.09. The van der Waals surface area contributed by atoms with Gasteiger partial charge in [-0.05, 0) is 38.5 Å². The lowest BCUT2D eigenvalue weighted by atomic mass is 9.92. The maximum atomic E-state index is 13.9. The fraction of sp³-hybridized carbons (Fsp3) is 0.619. The second-order valence-electron chi connectivity index (χ2n) is 9.11. The van der Waals surface area contributed by atoms with E-state index in [0.717, 1.165) is 37.7 Å². The molecule has 2 aromatic heterocycles. The van der Waals surface area contributed by atoms with Gasteiger partial charge in [-0.1, -0.05) is 0 Å². The first-order valence-corrected chi connectivity index (χ1v) is 11.1. The number of ether oxygens (including phenoxy) is 2. The Balaban J connectivity index is 1.28. The Morgan fingerprint density at radius 2 is 2.19 bits per heavy atom. The Morgan fingerprint density at radius 1 is 1.31 bits per heavy atom. The molecule has 3 N–H and O–H groups in total. The zero-order valence-corrected chi connectivity index (χ0v) is 17.5. The zero-order chi connectivity index (χ0) is 21.9. The van der Waals surface area contributed by atoms with Crippen LogP contribution in [0.1, 0.15) is 44.1 Å². The predicted octanol–water partition coefficient (Wildman–Crippen LogP) is 1.74. The minimum absolute atomic E-state index is 0.0109. The molecule has 1 spiro atoms. The molecule has 2 aromatic rings. The third-order valence-electron chi connectivity index (χ3n) is 6.96. The second-order valence-corrected chi connectivity index (χ2v) is 9.11. The number of halogens is 1. The van der Waals surface area contributed by atoms with Crippen LogP contribution in [0.3, 0.4) is 0 Å². The molecular weight excluding hydrogens is 419 g/mol. The van der Waals surface area contributed by atoms with Crippen LogP contribution < -0.4 is 15.0 Å². The van der Waals surface area contributed by atoms with E-state index in [1.54, 1.807) is 11.1 Å². The number of fused-ring (bicyclic) bond motifs is 2. The van der Waals surface area contributed by atoms with Crippen molar-refractivity contribution in [1.29, 1.82) is 0 Å². The SMILES string of the molecule is O=C1N([C@@H]2CCC[C@@H](O)C2)c2nc(Nc3cn[nH]c3O[C@H]3COC[C@H]3F)ncc2C12CC2. The summed E-state index contributed by atoms with van der Waals surface area (Å²) in [5.74, 6) is 1.25.